The molecule has 0 radical (unpaired) electrons. The third kappa shape index (κ3) is 3.55. The van der Waals surface area contributed by atoms with Gasteiger partial charge in [-0.1, -0.05) is 6.42 Å². The number of rotatable bonds is 4. The molecule has 1 rings (SSSR count). The van der Waals surface area contributed by atoms with Crippen LogP contribution in [0.15, 0.2) is 0 Å². The summed E-state index contributed by atoms with van der Waals surface area (Å²) in [5.74, 6) is 0. The molecule has 0 saturated heterocycles. The zero-order valence-corrected chi connectivity index (χ0v) is 9.52. The number of nitrogens with one attached hydrogen (secondary N) is 1. The van der Waals surface area contributed by atoms with Crippen molar-refractivity contribution < 1.29 is 8.42 Å². The quantitative estimate of drug-likeness (QED) is 0.693. The number of hydrogen-bond donors (Lipinski definition) is 2. The largest absolute Gasteiger partial charge is 0.329 e. The second-order valence-electron chi connectivity index (χ2n) is 4.06. The van der Waals surface area contributed by atoms with Crippen molar-refractivity contribution in [2.75, 3.05) is 19.3 Å². The first kappa shape index (κ1) is 11.9. The maximum absolute atomic E-state index is 11.4. The topological polar surface area (TPSA) is 72.2 Å². The molecular formula is C9H20N2O2S. The molecule has 3 N–H and O–H groups in total. The van der Waals surface area contributed by atoms with Gasteiger partial charge in [0.15, 0.2) is 0 Å². The van der Waals surface area contributed by atoms with Gasteiger partial charge in [0, 0.05) is 25.4 Å². The summed E-state index contributed by atoms with van der Waals surface area (Å²) in [4.78, 5) is 0. The van der Waals surface area contributed by atoms with E-state index < -0.39 is 9.84 Å². The van der Waals surface area contributed by atoms with Crippen LogP contribution in [0.3, 0.4) is 0 Å². The van der Waals surface area contributed by atoms with Crippen LogP contribution in [0.5, 0.6) is 0 Å². The summed E-state index contributed by atoms with van der Waals surface area (Å²) in [7, 11) is -2.86. The summed E-state index contributed by atoms with van der Waals surface area (Å²) in [6, 6.07) is 0.340. The Bertz CT molecular complexity index is 264. The molecule has 1 fully saturated rings. The lowest BCUT2D eigenvalue weighted by molar-refractivity contribution is 0.375. The molecule has 0 spiro atoms. The molecule has 1 aliphatic carbocycles. The van der Waals surface area contributed by atoms with E-state index in [-0.39, 0.29) is 5.25 Å². The molecular weight excluding hydrogens is 200 g/mol. The van der Waals surface area contributed by atoms with E-state index >= 15 is 0 Å². The predicted molar refractivity (Wildman–Crippen MR) is 57.9 cm³/mol. The Balaban J connectivity index is 2.44. The summed E-state index contributed by atoms with van der Waals surface area (Å²) >= 11 is 0. The normalized spacial score (nSPS) is 29.0. The van der Waals surface area contributed by atoms with Crippen LogP contribution in [0, 0.1) is 0 Å². The maximum atomic E-state index is 11.4. The molecule has 5 heteroatoms. The Kier molecular flexibility index (Phi) is 4.34. The molecule has 0 aromatic rings. The van der Waals surface area contributed by atoms with Gasteiger partial charge in [-0.15, -0.1) is 0 Å². The number of hydrogen-bond acceptors (Lipinski definition) is 4. The van der Waals surface area contributed by atoms with Gasteiger partial charge in [0.2, 0.25) is 0 Å². The van der Waals surface area contributed by atoms with Gasteiger partial charge >= 0.3 is 0 Å². The van der Waals surface area contributed by atoms with Crippen molar-refractivity contribution >= 4 is 9.84 Å². The smallest absolute Gasteiger partial charge is 0.150 e. The van der Waals surface area contributed by atoms with Gasteiger partial charge in [0.25, 0.3) is 0 Å². The molecule has 0 heterocycles. The van der Waals surface area contributed by atoms with E-state index in [0.29, 0.717) is 12.6 Å². The minimum Gasteiger partial charge on any atom is -0.329 e. The maximum Gasteiger partial charge on any atom is 0.150 e. The molecule has 1 aliphatic rings. The average Bonchev–Trinajstić information content (AvgIpc) is 2.14. The molecule has 14 heavy (non-hydrogen) atoms. The zero-order chi connectivity index (χ0) is 10.6. The van der Waals surface area contributed by atoms with Crippen molar-refractivity contribution in [3.05, 3.63) is 0 Å². The Morgan fingerprint density at radius 3 is 2.71 bits per heavy atom. The van der Waals surface area contributed by atoms with Crippen LogP contribution in [0.2, 0.25) is 0 Å². The fraction of sp³-hybridized carbons (Fsp3) is 1.00. The van der Waals surface area contributed by atoms with E-state index in [9.17, 15) is 8.42 Å². The van der Waals surface area contributed by atoms with E-state index in [2.05, 4.69) is 5.32 Å². The SMILES string of the molecule is CS(=O)(=O)C1CCCC(NCCN)C1. The lowest BCUT2D eigenvalue weighted by Crippen LogP contribution is -2.40. The minimum atomic E-state index is -2.86. The van der Waals surface area contributed by atoms with Gasteiger partial charge in [-0.25, -0.2) is 8.42 Å². The summed E-state index contributed by atoms with van der Waals surface area (Å²) < 4.78 is 22.7. The summed E-state index contributed by atoms with van der Waals surface area (Å²) in [5.41, 5.74) is 5.39. The Morgan fingerprint density at radius 2 is 2.14 bits per heavy atom. The van der Waals surface area contributed by atoms with Crippen LogP contribution in [-0.2, 0) is 9.84 Å². The average molecular weight is 220 g/mol. The molecule has 1 saturated carbocycles. The second-order valence-corrected chi connectivity index (χ2v) is 6.38. The van der Waals surface area contributed by atoms with Crippen molar-refractivity contribution in [1.29, 1.82) is 0 Å². The second kappa shape index (κ2) is 5.09. The molecule has 4 nitrogen and oxygen atoms in total. The number of sulfone groups is 1. The van der Waals surface area contributed by atoms with E-state index in [0.717, 1.165) is 32.2 Å². The van der Waals surface area contributed by atoms with Gasteiger partial charge in [-0.3, -0.25) is 0 Å². The van der Waals surface area contributed by atoms with Gasteiger partial charge in [0.1, 0.15) is 9.84 Å². The van der Waals surface area contributed by atoms with Gasteiger partial charge in [0.05, 0.1) is 5.25 Å². The van der Waals surface area contributed by atoms with Crippen molar-refractivity contribution in [2.45, 2.75) is 37.0 Å². The highest BCUT2D eigenvalue weighted by atomic mass is 32.2. The third-order valence-corrected chi connectivity index (χ3v) is 4.45. The minimum absolute atomic E-state index is 0.147. The molecule has 2 unspecified atom stereocenters. The first-order chi connectivity index (χ1) is 6.54. The molecule has 0 bridgehead atoms. The molecule has 0 amide bonds. The molecule has 0 aromatic heterocycles. The van der Waals surface area contributed by atoms with Gasteiger partial charge in [-0.2, -0.15) is 0 Å². The third-order valence-electron chi connectivity index (χ3n) is 2.81. The summed E-state index contributed by atoms with van der Waals surface area (Å²) in [6.07, 6.45) is 4.98. The highest BCUT2D eigenvalue weighted by molar-refractivity contribution is 7.91. The summed E-state index contributed by atoms with van der Waals surface area (Å²) in [6.45, 7) is 1.39. The predicted octanol–water partition coefficient (Wildman–Crippen LogP) is -0.109. The zero-order valence-electron chi connectivity index (χ0n) is 8.70. The fourth-order valence-corrected chi connectivity index (χ4v) is 3.18. The van der Waals surface area contributed by atoms with E-state index in [1.54, 1.807) is 0 Å². The molecule has 0 aromatic carbocycles. The van der Waals surface area contributed by atoms with Crippen molar-refractivity contribution in [3.63, 3.8) is 0 Å². The van der Waals surface area contributed by atoms with Gasteiger partial charge in [-0.05, 0) is 19.3 Å². The lowest BCUT2D eigenvalue weighted by Gasteiger charge is -2.28. The molecule has 84 valence electrons. The fourth-order valence-electron chi connectivity index (χ4n) is 2.01. The first-order valence-electron chi connectivity index (χ1n) is 5.16. The highest BCUT2D eigenvalue weighted by Gasteiger charge is 2.28. The Hall–Kier alpha value is -0.130. The Labute approximate surface area is 86.2 Å². The van der Waals surface area contributed by atoms with Gasteiger partial charge < -0.3 is 11.1 Å². The lowest BCUT2D eigenvalue weighted by atomic mass is 9.95. The van der Waals surface area contributed by atoms with E-state index in [4.69, 9.17) is 5.73 Å². The highest BCUT2D eigenvalue weighted by Crippen LogP contribution is 2.23. The Morgan fingerprint density at radius 1 is 1.43 bits per heavy atom. The van der Waals surface area contributed by atoms with E-state index in [1.807, 2.05) is 0 Å². The molecule has 2 atom stereocenters. The van der Waals surface area contributed by atoms with Crippen LogP contribution in [-0.4, -0.2) is 39.1 Å². The molecule has 0 aliphatic heterocycles. The van der Waals surface area contributed by atoms with Crippen LogP contribution < -0.4 is 11.1 Å². The first-order valence-corrected chi connectivity index (χ1v) is 7.12. The monoisotopic (exact) mass is 220 g/mol. The van der Waals surface area contributed by atoms with E-state index in [1.165, 1.54) is 6.26 Å². The van der Waals surface area contributed by atoms with Crippen molar-refractivity contribution in [3.8, 4) is 0 Å². The van der Waals surface area contributed by atoms with Crippen LogP contribution >= 0.6 is 0 Å². The summed E-state index contributed by atoms with van der Waals surface area (Å²) in [5, 5.41) is 3.14. The standard InChI is InChI=1S/C9H20N2O2S/c1-14(12,13)9-4-2-3-8(7-9)11-6-5-10/h8-9,11H,2-7,10H2,1H3. The number of nitrogens with two attached hydrogens (primary N) is 1. The van der Waals surface area contributed by atoms with Crippen LogP contribution in [0.1, 0.15) is 25.7 Å². The van der Waals surface area contributed by atoms with Crippen LogP contribution in [0.4, 0.5) is 0 Å². The van der Waals surface area contributed by atoms with Crippen LogP contribution in [0.25, 0.3) is 0 Å². The van der Waals surface area contributed by atoms with Crippen molar-refractivity contribution in [1.82, 2.24) is 5.32 Å². The van der Waals surface area contributed by atoms with Crippen molar-refractivity contribution in [2.24, 2.45) is 5.73 Å².